The molecule has 0 bridgehead atoms. The van der Waals surface area contributed by atoms with Crippen LogP contribution in [0.5, 0.6) is 11.5 Å². The number of methoxy groups -OCH3 is 1. The first kappa shape index (κ1) is 19.8. The van der Waals surface area contributed by atoms with Crippen LogP contribution in [0.15, 0.2) is 30.6 Å². The Morgan fingerprint density at radius 2 is 2.23 bits per heavy atom. The number of hydrogen-bond acceptors (Lipinski definition) is 4. The van der Waals surface area contributed by atoms with Gasteiger partial charge < -0.3 is 14.8 Å². The number of benzene rings is 1. The Morgan fingerprint density at radius 3 is 2.88 bits per heavy atom. The van der Waals surface area contributed by atoms with E-state index >= 15 is 0 Å². The van der Waals surface area contributed by atoms with E-state index in [-0.39, 0.29) is 5.91 Å². The summed E-state index contributed by atoms with van der Waals surface area (Å²) in [5.41, 5.74) is 1.89. The van der Waals surface area contributed by atoms with E-state index in [0.717, 1.165) is 24.1 Å². The number of rotatable bonds is 9. The summed E-state index contributed by atoms with van der Waals surface area (Å²) in [5, 5.41) is 7.50. The fourth-order valence-electron chi connectivity index (χ4n) is 2.42. The number of nitrogens with zero attached hydrogens (tertiary/aromatic N) is 2. The average Bonchev–Trinajstić information content (AvgIpc) is 3.02. The van der Waals surface area contributed by atoms with Gasteiger partial charge in [-0.2, -0.15) is 5.10 Å². The van der Waals surface area contributed by atoms with E-state index in [9.17, 15) is 4.79 Å². The van der Waals surface area contributed by atoms with Crippen LogP contribution < -0.4 is 14.8 Å². The summed E-state index contributed by atoms with van der Waals surface area (Å²) in [7, 11) is 1.54. The van der Waals surface area contributed by atoms with Crippen molar-refractivity contribution in [1.29, 1.82) is 0 Å². The Morgan fingerprint density at radius 1 is 1.42 bits per heavy atom. The first-order valence-corrected chi connectivity index (χ1v) is 8.86. The summed E-state index contributed by atoms with van der Waals surface area (Å²) in [6.07, 6.45) is 7.78. The molecular formula is C19H24ClN3O3. The molecule has 0 saturated heterocycles. The third-order valence-electron chi connectivity index (χ3n) is 3.59. The van der Waals surface area contributed by atoms with Crippen molar-refractivity contribution in [3.8, 4) is 11.5 Å². The maximum atomic E-state index is 11.9. The highest BCUT2D eigenvalue weighted by molar-refractivity contribution is 6.32. The summed E-state index contributed by atoms with van der Waals surface area (Å²) in [6.45, 7) is 5.72. The third kappa shape index (κ3) is 5.81. The molecular weight excluding hydrogens is 354 g/mol. The van der Waals surface area contributed by atoms with Crippen molar-refractivity contribution in [3.05, 3.63) is 46.8 Å². The lowest BCUT2D eigenvalue weighted by Crippen LogP contribution is -2.23. The van der Waals surface area contributed by atoms with Crippen LogP contribution in [0.1, 0.15) is 24.5 Å². The quantitative estimate of drug-likeness (QED) is 0.536. The monoisotopic (exact) mass is 377 g/mol. The number of aromatic nitrogens is 2. The first-order chi connectivity index (χ1) is 12.5. The van der Waals surface area contributed by atoms with Crippen molar-refractivity contribution in [2.24, 2.45) is 0 Å². The van der Waals surface area contributed by atoms with Crippen LogP contribution in [0, 0.1) is 6.92 Å². The minimum absolute atomic E-state index is 0.161. The van der Waals surface area contributed by atoms with Gasteiger partial charge in [0.15, 0.2) is 11.5 Å². The molecule has 0 unspecified atom stereocenters. The Labute approximate surface area is 158 Å². The molecule has 0 aliphatic rings. The molecule has 26 heavy (non-hydrogen) atoms. The molecule has 7 heteroatoms. The molecule has 0 aliphatic carbocycles. The number of hydrogen-bond donors (Lipinski definition) is 1. The van der Waals surface area contributed by atoms with Gasteiger partial charge >= 0.3 is 0 Å². The number of nitrogens with one attached hydrogen (secondary N) is 1. The predicted molar refractivity (Wildman–Crippen MR) is 103 cm³/mol. The van der Waals surface area contributed by atoms with Crippen molar-refractivity contribution >= 4 is 23.6 Å². The molecule has 1 N–H and O–H groups in total. The van der Waals surface area contributed by atoms with Crippen LogP contribution in [0.4, 0.5) is 0 Å². The van der Waals surface area contributed by atoms with Gasteiger partial charge in [0.05, 0.1) is 24.9 Å². The smallest absolute Gasteiger partial charge is 0.244 e. The molecule has 1 aromatic carbocycles. The SMILES string of the molecule is CCOc1cc(/C=C/C(=O)NCCCn2cc(C)cn2)cc(Cl)c1OC. The Bertz CT molecular complexity index is 771. The zero-order valence-electron chi connectivity index (χ0n) is 15.3. The maximum absolute atomic E-state index is 11.9. The van der Waals surface area contributed by atoms with Crippen LogP contribution in [0.2, 0.25) is 5.02 Å². The van der Waals surface area contributed by atoms with E-state index in [4.69, 9.17) is 21.1 Å². The largest absolute Gasteiger partial charge is 0.491 e. The van der Waals surface area contributed by atoms with Gasteiger partial charge in [-0.15, -0.1) is 0 Å². The van der Waals surface area contributed by atoms with E-state index in [0.29, 0.717) is 29.7 Å². The van der Waals surface area contributed by atoms with Crippen LogP contribution >= 0.6 is 11.6 Å². The summed E-state index contributed by atoms with van der Waals surface area (Å²) >= 11 is 6.20. The molecule has 0 atom stereocenters. The number of carbonyl (C=O) groups excluding carboxylic acids is 1. The van der Waals surface area contributed by atoms with Gasteiger partial charge in [0, 0.05) is 25.4 Å². The normalized spacial score (nSPS) is 10.9. The molecule has 1 amide bonds. The van der Waals surface area contributed by atoms with Gasteiger partial charge in [-0.25, -0.2) is 0 Å². The fraction of sp³-hybridized carbons (Fsp3) is 0.368. The second kappa shape index (κ2) is 9.87. The highest BCUT2D eigenvalue weighted by Crippen LogP contribution is 2.36. The Balaban J connectivity index is 1.86. The number of aryl methyl sites for hydroxylation is 2. The lowest BCUT2D eigenvalue weighted by molar-refractivity contribution is -0.116. The topological polar surface area (TPSA) is 65.4 Å². The predicted octanol–water partition coefficient (Wildman–Crippen LogP) is 3.47. The number of amides is 1. The summed E-state index contributed by atoms with van der Waals surface area (Å²) in [4.78, 5) is 11.9. The van der Waals surface area contributed by atoms with Crippen molar-refractivity contribution in [2.75, 3.05) is 20.3 Å². The average molecular weight is 378 g/mol. The molecule has 0 saturated carbocycles. The van der Waals surface area contributed by atoms with Gasteiger partial charge in [0.1, 0.15) is 0 Å². The molecule has 140 valence electrons. The summed E-state index contributed by atoms with van der Waals surface area (Å²) < 4.78 is 12.6. The number of ether oxygens (including phenoxy) is 2. The minimum Gasteiger partial charge on any atom is -0.491 e. The minimum atomic E-state index is -0.161. The number of carbonyl (C=O) groups is 1. The van der Waals surface area contributed by atoms with E-state index in [1.165, 1.54) is 13.2 Å². The lowest BCUT2D eigenvalue weighted by Gasteiger charge is -2.11. The molecule has 2 aromatic rings. The Kier molecular flexibility index (Phi) is 7.53. The van der Waals surface area contributed by atoms with Gasteiger partial charge in [0.25, 0.3) is 0 Å². The van der Waals surface area contributed by atoms with Crippen molar-refractivity contribution in [1.82, 2.24) is 15.1 Å². The third-order valence-corrected chi connectivity index (χ3v) is 3.87. The van der Waals surface area contributed by atoms with Crippen molar-refractivity contribution in [3.63, 3.8) is 0 Å². The second-order valence-electron chi connectivity index (χ2n) is 5.73. The molecule has 2 rings (SSSR count). The van der Waals surface area contributed by atoms with E-state index in [1.54, 1.807) is 18.2 Å². The van der Waals surface area contributed by atoms with Gasteiger partial charge in [-0.05, 0) is 49.6 Å². The zero-order valence-corrected chi connectivity index (χ0v) is 16.0. The van der Waals surface area contributed by atoms with Gasteiger partial charge in [0.2, 0.25) is 5.91 Å². The molecule has 1 aromatic heterocycles. The van der Waals surface area contributed by atoms with E-state index in [1.807, 2.05) is 30.9 Å². The molecule has 6 nitrogen and oxygen atoms in total. The lowest BCUT2D eigenvalue weighted by atomic mass is 10.2. The van der Waals surface area contributed by atoms with Crippen LogP contribution in [-0.4, -0.2) is 35.9 Å². The van der Waals surface area contributed by atoms with Crippen LogP contribution in [-0.2, 0) is 11.3 Å². The van der Waals surface area contributed by atoms with Gasteiger partial charge in [-0.3, -0.25) is 9.48 Å². The van der Waals surface area contributed by atoms with Crippen molar-refractivity contribution < 1.29 is 14.3 Å². The molecule has 0 radical (unpaired) electrons. The summed E-state index contributed by atoms with van der Waals surface area (Å²) in [6, 6.07) is 3.52. The highest BCUT2D eigenvalue weighted by Gasteiger charge is 2.10. The zero-order chi connectivity index (χ0) is 18.9. The fourth-order valence-corrected chi connectivity index (χ4v) is 2.71. The maximum Gasteiger partial charge on any atom is 0.244 e. The van der Waals surface area contributed by atoms with Crippen LogP contribution in [0.25, 0.3) is 6.08 Å². The van der Waals surface area contributed by atoms with Crippen LogP contribution in [0.3, 0.4) is 0 Å². The number of halogens is 1. The highest BCUT2D eigenvalue weighted by atomic mass is 35.5. The Hall–Kier alpha value is -2.47. The molecule has 0 fully saturated rings. The summed E-state index contributed by atoms with van der Waals surface area (Å²) in [5.74, 6) is 0.882. The van der Waals surface area contributed by atoms with Crippen molar-refractivity contribution in [2.45, 2.75) is 26.8 Å². The van der Waals surface area contributed by atoms with E-state index in [2.05, 4.69) is 10.4 Å². The standard InChI is InChI=1S/C19H24ClN3O3/c1-4-26-17-11-15(10-16(20)19(17)25-3)6-7-18(24)21-8-5-9-23-13-14(2)12-22-23/h6-7,10-13H,4-5,8-9H2,1-3H3,(H,21,24)/b7-6+. The van der Waals surface area contributed by atoms with E-state index < -0.39 is 0 Å². The molecule has 0 aliphatic heterocycles. The molecule has 0 spiro atoms. The first-order valence-electron chi connectivity index (χ1n) is 8.48. The second-order valence-corrected chi connectivity index (χ2v) is 6.13. The molecule has 1 heterocycles. The van der Waals surface area contributed by atoms with Gasteiger partial charge in [-0.1, -0.05) is 11.6 Å².